The van der Waals surface area contributed by atoms with Crippen LogP contribution < -0.4 is 10.4 Å². The lowest BCUT2D eigenvalue weighted by molar-refractivity contribution is 1.30. The van der Waals surface area contributed by atoms with Crippen LogP contribution in [0.25, 0.3) is 11.6 Å². The Morgan fingerprint density at radius 1 is 1.27 bits per heavy atom. The molecule has 1 radical (unpaired) electrons. The van der Waals surface area contributed by atoms with Crippen LogP contribution >= 0.6 is 0 Å². The van der Waals surface area contributed by atoms with Gasteiger partial charge in [0.05, 0.1) is 0 Å². The summed E-state index contributed by atoms with van der Waals surface area (Å²) in [5.74, 6) is 0. The molecule has 0 fully saturated rings. The van der Waals surface area contributed by atoms with Crippen molar-refractivity contribution >= 4 is 11.6 Å². The highest BCUT2D eigenvalue weighted by atomic mass is 14.0. The van der Waals surface area contributed by atoms with Gasteiger partial charge < -0.3 is 0 Å². The summed E-state index contributed by atoms with van der Waals surface area (Å²) in [5, 5.41) is 2.79. The number of rotatable bonds is 1. The largest absolute Gasteiger partial charge is 0.0726 e. The Morgan fingerprint density at radius 3 is 2.91 bits per heavy atom. The highest BCUT2D eigenvalue weighted by Gasteiger charge is 2.00. The Morgan fingerprint density at radius 2 is 2.09 bits per heavy atom. The second kappa shape index (κ2) is 2.54. The van der Waals surface area contributed by atoms with Gasteiger partial charge in [-0.25, -0.2) is 0 Å². The second-order valence-corrected chi connectivity index (χ2v) is 2.85. The van der Waals surface area contributed by atoms with E-state index < -0.39 is 0 Å². The molecule has 0 aliphatic heterocycles. The van der Waals surface area contributed by atoms with Crippen LogP contribution in [0.2, 0.25) is 0 Å². The Bertz CT molecular complexity index is 371. The van der Waals surface area contributed by atoms with Crippen molar-refractivity contribution in [2.24, 2.45) is 0 Å². The summed E-state index contributed by atoms with van der Waals surface area (Å²) in [4.78, 5) is 0. The van der Waals surface area contributed by atoms with E-state index >= 15 is 0 Å². The van der Waals surface area contributed by atoms with Gasteiger partial charge in [0.15, 0.2) is 0 Å². The normalized spacial score (nSPS) is 14.5. The van der Waals surface area contributed by atoms with E-state index in [9.17, 15) is 0 Å². The lowest BCUT2D eigenvalue weighted by Crippen LogP contribution is -2.21. The molecule has 0 spiro atoms. The Kier molecular flexibility index (Phi) is 1.54. The van der Waals surface area contributed by atoms with Gasteiger partial charge in [0.2, 0.25) is 0 Å². The van der Waals surface area contributed by atoms with Crippen LogP contribution in [-0.2, 0) is 0 Å². The third-order valence-corrected chi connectivity index (χ3v) is 2.21. The first kappa shape index (κ1) is 6.66. The van der Waals surface area contributed by atoms with Crippen molar-refractivity contribution in [1.82, 2.24) is 0 Å². The first-order chi connectivity index (χ1) is 5.42. The monoisotopic (exact) mass is 143 g/mol. The van der Waals surface area contributed by atoms with Crippen LogP contribution in [0, 0.1) is 6.92 Å². The second-order valence-electron chi connectivity index (χ2n) is 2.85. The van der Waals surface area contributed by atoms with E-state index in [2.05, 4.69) is 37.3 Å². The fourth-order valence-electron chi connectivity index (χ4n) is 1.58. The molecular weight excluding hydrogens is 132 g/mol. The molecule has 1 aromatic rings. The molecular formula is C11H11. The van der Waals surface area contributed by atoms with Gasteiger partial charge in [-0.15, -0.1) is 0 Å². The Labute approximate surface area is 66.9 Å². The zero-order valence-electron chi connectivity index (χ0n) is 6.51. The first-order valence-electron chi connectivity index (χ1n) is 3.98. The maximum absolute atomic E-state index is 3.91. The fraction of sp³-hybridized carbons (Fsp3) is 0.182. The molecule has 0 heterocycles. The first-order valence-corrected chi connectivity index (χ1v) is 3.98. The molecule has 0 atom stereocenters. The molecule has 0 aromatic heterocycles. The zero-order valence-corrected chi connectivity index (χ0v) is 6.51. The van der Waals surface area contributed by atoms with Crippen LogP contribution in [0.1, 0.15) is 12.8 Å². The zero-order chi connectivity index (χ0) is 7.68. The van der Waals surface area contributed by atoms with Gasteiger partial charge >= 0.3 is 0 Å². The molecule has 0 heteroatoms. The van der Waals surface area contributed by atoms with Crippen molar-refractivity contribution in [2.75, 3.05) is 0 Å². The molecule has 0 nitrogen and oxygen atoms in total. The molecule has 55 valence electrons. The van der Waals surface area contributed by atoms with Gasteiger partial charge in [-0.1, -0.05) is 35.9 Å². The molecule has 0 saturated carbocycles. The van der Waals surface area contributed by atoms with Crippen molar-refractivity contribution < 1.29 is 0 Å². The molecule has 1 aromatic carbocycles. The minimum absolute atomic E-state index is 0.938. The van der Waals surface area contributed by atoms with Crippen LogP contribution in [0.3, 0.4) is 0 Å². The highest BCUT2D eigenvalue weighted by Crippen LogP contribution is 2.07. The van der Waals surface area contributed by atoms with Gasteiger partial charge in [-0.05, 0) is 30.2 Å². The number of benzene rings is 1. The van der Waals surface area contributed by atoms with Gasteiger partial charge in [0.1, 0.15) is 0 Å². The molecule has 1 aliphatic rings. The quantitative estimate of drug-likeness (QED) is 0.555. The molecule has 0 amide bonds. The smallest absolute Gasteiger partial charge is 0.0120 e. The SMILES string of the molecule is [CH2]CC1=c2ccccc2=CC1. The van der Waals surface area contributed by atoms with Crippen LogP contribution in [0.15, 0.2) is 24.3 Å². The van der Waals surface area contributed by atoms with Gasteiger partial charge in [0.25, 0.3) is 0 Å². The molecule has 0 bridgehead atoms. The summed E-state index contributed by atoms with van der Waals surface area (Å²) in [6, 6.07) is 8.52. The minimum atomic E-state index is 0.938. The van der Waals surface area contributed by atoms with Crippen molar-refractivity contribution in [3.63, 3.8) is 0 Å². The summed E-state index contributed by atoms with van der Waals surface area (Å²) in [6.45, 7) is 3.91. The van der Waals surface area contributed by atoms with Crippen molar-refractivity contribution in [3.8, 4) is 0 Å². The Hall–Kier alpha value is -1.04. The minimum Gasteiger partial charge on any atom is -0.0726 e. The third kappa shape index (κ3) is 0.988. The van der Waals surface area contributed by atoms with Gasteiger partial charge in [0, 0.05) is 0 Å². The van der Waals surface area contributed by atoms with E-state index in [-0.39, 0.29) is 0 Å². The van der Waals surface area contributed by atoms with Crippen molar-refractivity contribution in [1.29, 1.82) is 0 Å². The number of hydrogen-bond acceptors (Lipinski definition) is 0. The highest BCUT2D eigenvalue weighted by molar-refractivity contribution is 5.59. The van der Waals surface area contributed by atoms with E-state index in [0.29, 0.717) is 0 Å². The molecule has 0 unspecified atom stereocenters. The van der Waals surface area contributed by atoms with Crippen LogP contribution in [-0.4, -0.2) is 0 Å². The van der Waals surface area contributed by atoms with E-state index in [4.69, 9.17) is 0 Å². The average molecular weight is 143 g/mol. The molecule has 11 heavy (non-hydrogen) atoms. The summed E-state index contributed by atoms with van der Waals surface area (Å²) >= 11 is 0. The molecule has 0 N–H and O–H groups in total. The number of fused-ring (bicyclic) bond motifs is 1. The summed E-state index contributed by atoms with van der Waals surface area (Å²) in [5.41, 5.74) is 1.47. The summed E-state index contributed by atoms with van der Waals surface area (Å²) in [7, 11) is 0. The van der Waals surface area contributed by atoms with E-state index in [1.165, 1.54) is 16.0 Å². The topological polar surface area (TPSA) is 0 Å². The van der Waals surface area contributed by atoms with Crippen molar-refractivity contribution in [3.05, 3.63) is 41.6 Å². The van der Waals surface area contributed by atoms with Gasteiger partial charge in [-0.3, -0.25) is 0 Å². The Balaban J connectivity index is 2.79. The van der Waals surface area contributed by atoms with Crippen molar-refractivity contribution in [2.45, 2.75) is 12.8 Å². The predicted octanol–water partition coefficient (Wildman–Crippen LogP) is 1.25. The molecule has 0 saturated heterocycles. The predicted molar refractivity (Wildman–Crippen MR) is 48.2 cm³/mol. The third-order valence-electron chi connectivity index (χ3n) is 2.21. The lowest BCUT2D eigenvalue weighted by atomic mass is 10.1. The average Bonchev–Trinajstić information content (AvgIpc) is 2.47. The summed E-state index contributed by atoms with van der Waals surface area (Å²) < 4.78 is 0. The van der Waals surface area contributed by atoms with Gasteiger partial charge in [-0.2, -0.15) is 0 Å². The van der Waals surface area contributed by atoms with Crippen LogP contribution in [0.4, 0.5) is 0 Å². The number of hydrogen-bond donors (Lipinski definition) is 0. The standard InChI is InChI=1S/C11H11/c1-2-9-7-8-10-5-3-4-6-11(9)10/h3-6,8H,1-2,7H2. The van der Waals surface area contributed by atoms with E-state index in [1.54, 1.807) is 0 Å². The fourth-order valence-corrected chi connectivity index (χ4v) is 1.58. The summed E-state index contributed by atoms with van der Waals surface area (Å²) in [6.07, 6.45) is 4.31. The maximum Gasteiger partial charge on any atom is -0.0120 e. The molecule has 2 rings (SSSR count). The van der Waals surface area contributed by atoms with E-state index in [1.807, 2.05) is 0 Å². The maximum atomic E-state index is 3.91. The van der Waals surface area contributed by atoms with E-state index in [0.717, 1.165) is 12.8 Å². The molecule has 1 aliphatic carbocycles. The lowest BCUT2D eigenvalue weighted by Gasteiger charge is -1.92. The van der Waals surface area contributed by atoms with Crippen LogP contribution in [0.5, 0.6) is 0 Å².